The van der Waals surface area contributed by atoms with E-state index in [4.69, 9.17) is 4.42 Å². The van der Waals surface area contributed by atoms with E-state index in [2.05, 4.69) is 24.0 Å². The fourth-order valence-corrected chi connectivity index (χ4v) is 4.35. The van der Waals surface area contributed by atoms with Crippen LogP contribution in [0.2, 0.25) is 0 Å². The fraction of sp³-hybridized carbons (Fsp3) is 0.273. The van der Waals surface area contributed by atoms with Crippen LogP contribution < -0.4 is 5.76 Å². The zero-order valence-corrected chi connectivity index (χ0v) is 15.6. The van der Waals surface area contributed by atoms with Gasteiger partial charge in [0.05, 0.1) is 11.6 Å². The number of para-hydroxylation sites is 3. The molecule has 0 saturated heterocycles. The predicted octanol–water partition coefficient (Wildman–Crippen LogP) is 3.61. The molecule has 4 aromatic rings. The number of carbonyl (C=O) groups excluding carboxylic acids is 1. The summed E-state index contributed by atoms with van der Waals surface area (Å²) in [5, 5.41) is 1.24. The number of aromatic nitrogens is 2. The van der Waals surface area contributed by atoms with Crippen LogP contribution in [0.25, 0.3) is 22.0 Å². The van der Waals surface area contributed by atoms with E-state index in [1.165, 1.54) is 15.5 Å². The number of nitrogens with one attached hydrogen (secondary N) is 1. The highest BCUT2D eigenvalue weighted by atomic mass is 16.4. The standard InChI is InChI=1S/C22H21N3O3/c1-14-21-16(15-6-2-3-7-17(15)23-21)10-12-24(14)20(26)11-13-25-18-8-4-5-9-19(18)28-22(25)27/h2-9,14,23H,10-13H2,1H3/t14-/m0/s1. The van der Waals surface area contributed by atoms with Crippen LogP contribution in [0.3, 0.4) is 0 Å². The second-order valence-corrected chi connectivity index (χ2v) is 7.31. The van der Waals surface area contributed by atoms with Gasteiger partial charge in [0.15, 0.2) is 5.58 Å². The fourth-order valence-electron chi connectivity index (χ4n) is 4.35. The maximum atomic E-state index is 12.9. The van der Waals surface area contributed by atoms with Crippen LogP contribution in [0.5, 0.6) is 0 Å². The van der Waals surface area contributed by atoms with Crippen molar-refractivity contribution >= 4 is 27.9 Å². The second-order valence-electron chi connectivity index (χ2n) is 7.31. The van der Waals surface area contributed by atoms with Gasteiger partial charge in [-0.1, -0.05) is 30.3 Å². The first-order valence-corrected chi connectivity index (χ1v) is 9.61. The molecule has 0 saturated carbocycles. The monoisotopic (exact) mass is 375 g/mol. The lowest BCUT2D eigenvalue weighted by Gasteiger charge is -2.33. The number of nitrogens with zero attached hydrogens (tertiary/aromatic N) is 2. The first kappa shape index (κ1) is 16.9. The molecule has 6 heteroatoms. The Labute approximate surface area is 161 Å². The molecule has 0 unspecified atom stereocenters. The number of rotatable bonds is 3. The van der Waals surface area contributed by atoms with Crippen LogP contribution in [0.4, 0.5) is 0 Å². The highest BCUT2D eigenvalue weighted by Crippen LogP contribution is 2.34. The maximum absolute atomic E-state index is 12.9. The smallest absolute Gasteiger partial charge is 0.408 e. The molecule has 1 N–H and O–H groups in total. The predicted molar refractivity (Wildman–Crippen MR) is 107 cm³/mol. The van der Waals surface area contributed by atoms with Crippen LogP contribution in [0.1, 0.15) is 30.6 Å². The van der Waals surface area contributed by atoms with Gasteiger partial charge < -0.3 is 14.3 Å². The number of aromatic amines is 1. The van der Waals surface area contributed by atoms with E-state index in [0.29, 0.717) is 18.7 Å². The lowest BCUT2D eigenvalue weighted by molar-refractivity contribution is -0.134. The van der Waals surface area contributed by atoms with Crippen LogP contribution >= 0.6 is 0 Å². The van der Waals surface area contributed by atoms with Crippen molar-refractivity contribution in [2.45, 2.75) is 32.4 Å². The molecule has 1 aliphatic heterocycles. The average molecular weight is 375 g/mol. The Kier molecular flexibility index (Phi) is 3.86. The number of oxazole rings is 1. The molecule has 1 atom stereocenters. The highest BCUT2D eigenvalue weighted by molar-refractivity contribution is 5.86. The van der Waals surface area contributed by atoms with Gasteiger partial charge in [-0.05, 0) is 37.1 Å². The molecule has 2 aromatic heterocycles. The molecule has 6 nitrogen and oxygen atoms in total. The number of aryl methyl sites for hydroxylation is 1. The van der Waals surface area contributed by atoms with Crippen LogP contribution in [0.15, 0.2) is 57.7 Å². The van der Waals surface area contributed by atoms with Gasteiger partial charge >= 0.3 is 5.76 Å². The third-order valence-electron chi connectivity index (χ3n) is 5.78. The number of hydrogen-bond donors (Lipinski definition) is 1. The lowest BCUT2D eigenvalue weighted by Crippen LogP contribution is -2.39. The van der Waals surface area contributed by atoms with Crippen molar-refractivity contribution in [1.82, 2.24) is 14.5 Å². The van der Waals surface area contributed by atoms with E-state index in [-0.39, 0.29) is 18.4 Å². The molecule has 0 spiro atoms. The Balaban J connectivity index is 1.37. The summed E-state index contributed by atoms with van der Waals surface area (Å²) < 4.78 is 6.79. The topological polar surface area (TPSA) is 71.2 Å². The van der Waals surface area contributed by atoms with Crippen molar-refractivity contribution in [3.05, 3.63) is 70.3 Å². The molecule has 5 rings (SSSR count). The highest BCUT2D eigenvalue weighted by Gasteiger charge is 2.30. The number of H-pyrrole nitrogens is 1. The Hall–Kier alpha value is -3.28. The molecule has 3 heterocycles. The number of hydrogen-bond acceptors (Lipinski definition) is 3. The summed E-state index contributed by atoms with van der Waals surface area (Å²) in [6, 6.07) is 15.5. The zero-order chi connectivity index (χ0) is 19.3. The van der Waals surface area contributed by atoms with E-state index >= 15 is 0 Å². The van der Waals surface area contributed by atoms with E-state index in [1.807, 2.05) is 35.2 Å². The molecule has 0 bridgehead atoms. The second kappa shape index (κ2) is 6.41. The van der Waals surface area contributed by atoms with Crippen molar-refractivity contribution in [2.75, 3.05) is 6.54 Å². The maximum Gasteiger partial charge on any atom is 0.419 e. The number of carbonyl (C=O) groups is 1. The van der Waals surface area contributed by atoms with Crippen molar-refractivity contribution in [3.8, 4) is 0 Å². The number of fused-ring (bicyclic) bond motifs is 4. The van der Waals surface area contributed by atoms with E-state index in [1.54, 1.807) is 6.07 Å². The van der Waals surface area contributed by atoms with Crippen LogP contribution in [-0.4, -0.2) is 26.9 Å². The quantitative estimate of drug-likeness (QED) is 0.595. The van der Waals surface area contributed by atoms with E-state index in [9.17, 15) is 9.59 Å². The summed E-state index contributed by atoms with van der Waals surface area (Å²) in [7, 11) is 0. The van der Waals surface area contributed by atoms with Crippen LogP contribution in [0, 0.1) is 0 Å². The summed E-state index contributed by atoms with van der Waals surface area (Å²) in [6.45, 7) is 3.07. The van der Waals surface area contributed by atoms with Gasteiger partial charge in [-0.2, -0.15) is 0 Å². The van der Waals surface area contributed by atoms with Crippen molar-refractivity contribution < 1.29 is 9.21 Å². The minimum atomic E-state index is -0.418. The molecular formula is C22H21N3O3. The molecular weight excluding hydrogens is 354 g/mol. The summed E-state index contributed by atoms with van der Waals surface area (Å²) in [5.74, 6) is -0.368. The van der Waals surface area contributed by atoms with E-state index < -0.39 is 5.76 Å². The Morgan fingerprint density at radius 3 is 2.86 bits per heavy atom. The van der Waals surface area contributed by atoms with Crippen molar-refractivity contribution in [2.24, 2.45) is 0 Å². The Bertz CT molecular complexity index is 1250. The van der Waals surface area contributed by atoms with Gasteiger partial charge in [0, 0.05) is 36.1 Å². The molecule has 1 aliphatic rings. The Morgan fingerprint density at radius 2 is 1.96 bits per heavy atom. The minimum Gasteiger partial charge on any atom is -0.408 e. The molecule has 0 fully saturated rings. The number of benzene rings is 2. The zero-order valence-electron chi connectivity index (χ0n) is 15.6. The van der Waals surface area contributed by atoms with Gasteiger partial charge in [0.25, 0.3) is 0 Å². The summed E-state index contributed by atoms with van der Waals surface area (Å²) in [4.78, 5) is 30.5. The lowest BCUT2D eigenvalue weighted by atomic mass is 9.98. The normalized spacial score (nSPS) is 16.6. The summed E-state index contributed by atoms with van der Waals surface area (Å²) >= 11 is 0. The Morgan fingerprint density at radius 1 is 1.18 bits per heavy atom. The molecule has 28 heavy (non-hydrogen) atoms. The van der Waals surface area contributed by atoms with Crippen molar-refractivity contribution in [1.29, 1.82) is 0 Å². The third-order valence-corrected chi connectivity index (χ3v) is 5.78. The molecule has 1 amide bonds. The van der Waals surface area contributed by atoms with Crippen molar-refractivity contribution in [3.63, 3.8) is 0 Å². The van der Waals surface area contributed by atoms with Gasteiger partial charge in [-0.25, -0.2) is 4.79 Å². The summed E-state index contributed by atoms with van der Waals surface area (Å²) in [5.41, 5.74) is 4.82. The van der Waals surface area contributed by atoms with Gasteiger partial charge in [0.1, 0.15) is 0 Å². The van der Waals surface area contributed by atoms with Crippen LogP contribution in [-0.2, 0) is 17.8 Å². The van der Waals surface area contributed by atoms with Gasteiger partial charge in [0.2, 0.25) is 5.91 Å². The third kappa shape index (κ3) is 2.56. The number of amides is 1. The molecule has 0 aliphatic carbocycles. The first-order valence-electron chi connectivity index (χ1n) is 9.61. The van der Waals surface area contributed by atoms with E-state index in [0.717, 1.165) is 23.1 Å². The van der Waals surface area contributed by atoms with Gasteiger partial charge in [-0.3, -0.25) is 9.36 Å². The first-order chi connectivity index (χ1) is 13.6. The SMILES string of the molecule is C[C@H]1c2[nH]c3ccccc3c2CCN1C(=O)CCn1c(=O)oc2ccccc21. The summed E-state index contributed by atoms with van der Waals surface area (Å²) in [6.07, 6.45) is 1.10. The molecule has 142 valence electrons. The van der Waals surface area contributed by atoms with Gasteiger partial charge in [-0.15, -0.1) is 0 Å². The molecule has 2 aromatic carbocycles. The average Bonchev–Trinajstić information content (AvgIpc) is 3.24. The largest absolute Gasteiger partial charge is 0.419 e. The minimum absolute atomic E-state index is 0.0125. The molecule has 0 radical (unpaired) electrons.